The van der Waals surface area contributed by atoms with Crippen molar-refractivity contribution in [3.05, 3.63) is 89.5 Å². The molecule has 0 aromatic heterocycles. The molecule has 70 heavy (non-hydrogen) atoms. The zero-order valence-electron chi connectivity index (χ0n) is 43.1. The van der Waals surface area contributed by atoms with Crippen LogP contribution in [0.5, 0.6) is 5.75 Å². The topological polar surface area (TPSA) is 113 Å². The molecule has 12 nitrogen and oxygen atoms in total. The summed E-state index contributed by atoms with van der Waals surface area (Å²) < 4.78 is 53.0. The molecule has 2 fully saturated rings. The average Bonchev–Trinajstić information content (AvgIpc) is 3.39. The number of anilines is 2. The SMILES string of the molecule is CCCCCCCCCCCCCCCCOc1ccc(C(C#N)(c2ccc(N3CCOCCOCCCOCCOCC3)cc2)c2ccc(N3CCOCCOCCCOCCOCC3)cc2)cc1. The van der Waals surface area contributed by atoms with Crippen molar-refractivity contribution in [3.8, 4) is 11.8 Å². The van der Waals surface area contributed by atoms with E-state index in [1.807, 2.05) is 12.1 Å². The lowest BCUT2D eigenvalue weighted by atomic mass is 9.70. The summed E-state index contributed by atoms with van der Waals surface area (Å²) >= 11 is 0. The third kappa shape index (κ3) is 21.9. The molecule has 0 aliphatic carbocycles. The van der Waals surface area contributed by atoms with Crippen molar-refractivity contribution in [3.63, 3.8) is 0 Å². The second-order valence-electron chi connectivity index (χ2n) is 18.5. The molecule has 0 unspecified atom stereocenters. The van der Waals surface area contributed by atoms with Gasteiger partial charge in [-0.15, -0.1) is 0 Å². The van der Waals surface area contributed by atoms with Gasteiger partial charge in [-0.3, -0.25) is 0 Å². The second-order valence-corrected chi connectivity index (χ2v) is 18.5. The van der Waals surface area contributed by atoms with E-state index in [1.165, 1.54) is 83.5 Å². The molecule has 0 spiro atoms. The third-order valence-electron chi connectivity index (χ3n) is 13.2. The Labute approximate surface area is 422 Å². The number of benzene rings is 3. The first-order chi connectivity index (χ1) is 34.7. The minimum Gasteiger partial charge on any atom is -0.494 e. The van der Waals surface area contributed by atoms with Crippen LogP contribution in [0.1, 0.15) is 126 Å². The van der Waals surface area contributed by atoms with Crippen molar-refractivity contribution >= 4 is 11.4 Å². The predicted octanol–water partition coefficient (Wildman–Crippen LogP) is 11.0. The zero-order valence-corrected chi connectivity index (χ0v) is 43.1. The Hall–Kier alpha value is -3.77. The van der Waals surface area contributed by atoms with Gasteiger partial charge in [0, 0.05) is 64.0 Å². The van der Waals surface area contributed by atoms with Crippen molar-refractivity contribution in [2.24, 2.45) is 0 Å². The van der Waals surface area contributed by atoms with Crippen molar-refractivity contribution in [1.29, 1.82) is 5.26 Å². The maximum atomic E-state index is 11.5. The van der Waals surface area contributed by atoms with Crippen LogP contribution in [0.4, 0.5) is 11.4 Å². The van der Waals surface area contributed by atoms with E-state index >= 15 is 0 Å². The van der Waals surface area contributed by atoms with Gasteiger partial charge in [0.05, 0.1) is 92.0 Å². The van der Waals surface area contributed by atoms with Gasteiger partial charge in [0.2, 0.25) is 0 Å². The van der Waals surface area contributed by atoms with Gasteiger partial charge in [0.25, 0.3) is 0 Å². The summed E-state index contributed by atoms with van der Waals surface area (Å²) in [5.74, 6) is 0.821. The van der Waals surface area contributed by atoms with E-state index in [4.69, 9.17) is 42.6 Å². The van der Waals surface area contributed by atoms with Gasteiger partial charge in [-0.05, 0) is 72.4 Å². The fourth-order valence-electron chi connectivity index (χ4n) is 9.08. The van der Waals surface area contributed by atoms with Crippen LogP contribution in [0.25, 0.3) is 0 Å². The molecule has 0 atom stereocenters. The number of unbranched alkanes of at least 4 members (excludes halogenated alkanes) is 13. The second kappa shape index (κ2) is 37.0. The third-order valence-corrected chi connectivity index (χ3v) is 13.2. The smallest absolute Gasteiger partial charge is 0.132 e. The highest BCUT2D eigenvalue weighted by molar-refractivity contribution is 5.61. The van der Waals surface area contributed by atoms with Crippen LogP contribution >= 0.6 is 0 Å². The zero-order chi connectivity index (χ0) is 48.8. The fraction of sp³-hybridized carbons (Fsp3) is 0.672. The van der Waals surface area contributed by atoms with Gasteiger partial charge < -0.3 is 52.4 Å². The van der Waals surface area contributed by atoms with Crippen LogP contribution in [0, 0.1) is 11.3 Å². The molecule has 2 aliphatic heterocycles. The summed E-state index contributed by atoms with van der Waals surface area (Å²) in [5.41, 5.74) is 3.62. The quantitative estimate of drug-likeness (QED) is 0.0748. The first-order valence-electron chi connectivity index (χ1n) is 27.2. The molecule has 2 heterocycles. The normalized spacial score (nSPS) is 17.7. The highest BCUT2D eigenvalue weighted by atomic mass is 16.5. The van der Waals surface area contributed by atoms with Gasteiger partial charge in [-0.1, -0.05) is 127 Å². The van der Waals surface area contributed by atoms with Crippen LogP contribution in [0.2, 0.25) is 0 Å². The molecular weight excluding hydrogens is 883 g/mol. The van der Waals surface area contributed by atoms with Gasteiger partial charge >= 0.3 is 0 Å². The minimum absolute atomic E-state index is 0.543. The van der Waals surface area contributed by atoms with Gasteiger partial charge in [0.15, 0.2) is 0 Å². The molecular formula is C58H89N3O9. The molecule has 0 N–H and O–H groups in total. The molecule has 3 aromatic rings. The Bertz CT molecular complexity index is 1640. The van der Waals surface area contributed by atoms with E-state index in [9.17, 15) is 5.26 Å². The van der Waals surface area contributed by atoms with E-state index in [0.717, 1.165) is 53.1 Å². The molecule has 0 saturated carbocycles. The van der Waals surface area contributed by atoms with E-state index in [-0.39, 0.29) is 0 Å². The van der Waals surface area contributed by atoms with Crippen LogP contribution in [-0.4, -0.2) is 138 Å². The predicted molar refractivity (Wildman–Crippen MR) is 281 cm³/mol. The Morgan fingerprint density at radius 3 is 1.03 bits per heavy atom. The molecule has 0 amide bonds. The summed E-state index contributed by atoms with van der Waals surface area (Å²) in [5, 5.41) is 11.5. The molecule has 12 heteroatoms. The molecule has 2 saturated heterocycles. The van der Waals surface area contributed by atoms with Crippen LogP contribution < -0.4 is 14.5 Å². The lowest BCUT2D eigenvalue weighted by Crippen LogP contribution is -2.32. The number of rotatable bonds is 21. The van der Waals surface area contributed by atoms with Crippen molar-refractivity contribution in [1.82, 2.24) is 0 Å². The van der Waals surface area contributed by atoms with Crippen LogP contribution in [-0.2, 0) is 43.3 Å². The van der Waals surface area contributed by atoms with Gasteiger partial charge in [-0.2, -0.15) is 5.26 Å². The maximum absolute atomic E-state index is 11.5. The monoisotopic (exact) mass is 972 g/mol. The summed E-state index contributed by atoms with van der Waals surface area (Å²) in [7, 11) is 0. The van der Waals surface area contributed by atoms with Crippen molar-refractivity contribution < 1.29 is 42.6 Å². The Morgan fingerprint density at radius 1 is 0.400 bits per heavy atom. The van der Waals surface area contributed by atoms with Gasteiger partial charge in [-0.25, -0.2) is 0 Å². The molecule has 3 aromatic carbocycles. The number of hydrogen-bond acceptors (Lipinski definition) is 12. The Balaban J connectivity index is 1.27. The summed E-state index contributed by atoms with van der Waals surface area (Å²) in [6, 6.07) is 27.9. The number of nitrogens with zero attached hydrogens (tertiary/aromatic N) is 3. The summed E-state index contributed by atoms with van der Waals surface area (Å²) in [6.45, 7) is 15.1. The van der Waals surface area contributed by atoms with E-state index < -0.39 is 5.41 Å². The average molecular weight is 972 g/mol. The number of ether oxygens (including phenoxy) is 9. The largest absolute Gasteiger partial charge is 0.494 e. The highest BCUT2D eigenvalue weighted by Gasteiger charge is 2.37. The molecule has 0 radical (unpaired) electrons. The van der Waals surface area contributed by atoms with Gasteiger partial charge in [0.1, 0.15) is 11.2 Å². The first kappa shape index (κ1) is 57.1. The van der Waals surface area contributed by atoms with Crippen molar-refractivity contribution in [2.45, 2.75) is 115 Å². The molecule has 390 valence electrons. The van der Waals surface area contributed by atoms with E-state index in [2.05, 4.69) is 83.5 Å². The van der Waals surface area contributed by atoms with E-state index in [0.29, 0.717) is 138 Å². The molecule has 2 aliphatic rings. The summed E-state index contributed by atoms with van der Waals surface area (Å²) in [6.07, 6.45) is 20.3. The van der Waals surface area contributed by atoms with E-state index in [1.54, 1.807) is 0 Å². The molecule has 5 rings (SSSR count). The lowest BCUT2D eigenvalue weighted by Gasteiger charge is -2.31. The fourth-order valence-corrected chi connectivity index (χ4v) is 9.08. The number of nitriles is 1. The first-order valence-corrected chi connectivity index (χ1v) is 27.2. The minimum atomic E-state index is -1.10. The highest BCUT2D eigenvalue weighted by Crippen LogP contribution is 2.41. The maximum Gasteiger partial charge on any atom is 0.132 e. The van der Waals surface area contributed by atoms with Crippen LogP contribution in [0.15, 0.2) is 72.8 Å². The lowest BCUT2D eigenvalue weighted by molar-refractivity contribution is 0.0204. The molecule has 0 bridgehead atoms. The van der Waals surface area contributed by atoms with Crippen LogP contribution in [0.3, 0.4) is 0 Å². The standard InChI is InChI=1S/C58H89N3O9/c1-2-3-4-5-6-7-8-9-10-11-12-13-14-15-38-70-57-28-22-54(23-29-57)58(51-59,52-18-24-55(25-19-52)60-30-39-66-47-43-62-34-16-35-63-44-48-67-40-31-60)53-20-26-56(27-21-53)61-32-41-68-49-45-64-36-17-37-65-46-50-69-42-33-61/h18-29H,2-17,30-50H2,1H3. The Kier molecular flexibility index (Phi) is 30.2. The van der Waals surface area contributed by atoms with Crippen molar-refractivity contribution in [2.75, 3.05) is 148 Å². The Morgan fingerprint density at radius 2 is 0.700 bits per heavy atom. The number of hydrogen-bond donors (Lipinski definition) is 0. The summed E-state index contributed by atoms with van der Waals surface area (Å²) in [4.78, 5) is 4.56.